The van der Waals surface area contributed by atoms with Crippen LogP contribution in [0.25, 0.3) is 11.1 Å². The maximum Gasteiger partial charge on any atom is 0.200 e. The van der Waals surface area contributed by atoms with E-state index in [1.54, 1.807) is 6.92 Å². The highest BCUT2D eigenvalue weighted by atomic mass is 16.3. The molecule has 0 amide bonds. The van der Waals surface area contributed by atoms with Crippen molar-refractivity contribution in [2.45, 2.75) is 20.8 Å². The fraction of sp³-hybridized carbons (Fsp3) is 0.200. The number of benzene rings is 2. The molecule has 2 aromatic carbocycles. The first-order valence-corrected chi connectivity index (χ1v) is 5.74. The van der Waals surface area contributed by atoms with Gasteiger partial charge in [0.25, 0.3) is 0 Å². The van der Waals surface area contributed by atoms with Crippen LogP contribution in [0.3, 0.4) is 0 Å². The van der Waals surface area contributed by atoms with Crippen LogP contribution in [-0.4, -0.2) is 15.3 Å². The van der Waals surface area contributed by atoms with Gasteiger partial charge in [-0.2, -0.15) is 0 Å². The number of phenolic OH excluding ortho intramolecular Hbond substituents is 3. The summed E-state index contributed by atoms with van der Waals surface area (Å²) in [6, 6.07) is 7.36. The molecule has 2 rings (SSSR count). The smallest absolute Gasteiger partial charge is 0.200 e. The first-order valence-electron chi connectivity index (χ1n) is 5.74. The van der Waals surface area contributed by atoms with Crippen molar-refractivity contribution < 1.29 is 15.3 Å². The minimum atomic E-state index is -0.475. The Morgan fingerprint density at radius 1 is 0.778 bits per heavy atom. The predicted octanol–water partition coefficient (Wildman–Crippen LogP) is 3.40. The summed E-state index contributed by atoms with van der Waals surface area (Å²) < 4.78 is 0. The number of hydrogen-bond donors (Lipinski definition) is 3. The van der Waals surface area contributed by atoms with Crippen LogP contribution in [0, 0.1) is 20.8 Å². The third kappa shape index (κ3) is 1.88. The standard InChI is InChI=1S/C15H16O3/c1-8-4-5-9(2)11(6-8)13-10(3)7-12(16)14(17)15(13)18/h4-7,16-18H,1-3H3. The van der Waals surface area contributed by atoms with Gasteiger partial charge in [0.15, 0.2) is 11.5 Å². The fourth-order valence-electron chi connectivity index (χ4n) is 2.12. The third-order valence-electron chi connectivity index (χ3n) is 3.11. The molecule has 3 nitrogen and oxygen atoms in total. The second kappa shape index (κ2) is 4.26. The first kappa shape index (κ1) is 12.3. The van der Waals surface area contributed by atoms with E-state index in [0.29, 0.717) is 5.56 Å². The Bertz CT molecular complexity index is 616. The van der Waals surface area contributed by atoms with Gasteiger partial charge in [0.05, 0.1) is 0 Å². The quantitative estimate of drug-likeness (QED) is 0.674. The number of aromatic hydroxyl groups is 3. The topological polar surface area (TPSA) is 60.7 Å². The Kier molecular flexibility index (Phi) is 2.91. The molecular weight excluding hydrogens is 228 g/mol. The average molecular weight is 244 g/mol. The van der Waals surface area contributed by atoms with E-state index in [4.69, 9.17) is 0 Å². The van der Waals surface area contributed by atoms with Crippen LogP contribution in [0.5, 0.6) is 17.2 Å². The maximum absolute atomic E-state index is 10.0. The van der Waals surface area contributed by atoms with Crippen molar-refractivity contribution in [3.63, 3.8) is 0 Å². The lowest BCUT2D eigenvalue weighted by molar-refractivity contribution is 0.368. The molecule has 3 heteroatoms. The van der Waals surface area contributed by atoms with Crippen molar-refractivity contribution in [1.29, 1.82) is 0 Å². The molecule has 0 unspecified atom stereocenters. The first-order chi connectivity index (χ1) is 8.41. The summed E-state index contributed by atoms with van der Waals surface area (Å²) in [7, 11) is 0. The highest BCUT2D eigenvalue weighted by Gasteiger charge is 2.17. The Hall–Kier alpha value is -2.16. The van der Waals surface area contributed by atoms with E-state index in [-0.39, 0.29) is 11.5 Å². The molecule has 0 aromatic heterocycles. The summed E-state index contributed by atoms with van der Waals surface area (Å²) >= 11 is 0. The summed E-state index contributed by atoms with van der Waals surface area (Å²) in [5.74, 6) is -1.06. The third-order valence-corrected chi connectivity index (χ3v) is 3.11. The molecule has 0 aliphatic heterocycles. The minimum Gasteiger partial charge on any atom is -0.504 e. The lowest BCUT2D eigenvalue weighted by Gasteiger charge is -2.14. The van der Waals surface area contributed by atoms with E-state index >= 15 is 0 Å². The summed E-state index contributed by atoms with van der Waals surface area (Å²) in [6.45, 7) is 5.70. The Morgan fingerprint density at radius 2 is 1.44 bits per heavy atom. The van der Waals surface area contributed by atoms with Gasteiger partial charge in [-0.1, -0.05) is 23.8 Å². The van der Waals surface area contributed by atoms with E-state index in [9.17, 15) is 15.3 Å². The zero-order valence-corrected chi connectivity index (χ0v) is 10.7. The summed E-state index contributed by atoms with van der Waals surface area (Å²) in [6.07, 6.45) is 0. The molecule has 0 bridgehead atoms. The molecule has 0 saturated heterocycles. The SMILES string of the molecule is Cc1ccc(C)c(-c2c(C)cc(O)c(O)c2O)c1. The highest BCUT2D eigenvalue weighted by Crippen LogP contribution is 2.45. The molecular formula is C15H16O3. The number of phenols is 3. The second-order valence-corrected chi connectivity index (χ2v) is 4.60. The van der Waals surface area contributed by atoms with Crippen molar-refractivity contribution in [2.24, 2.45) is 0 Å². The molecule has 0 radical (unpaired) electrons. The molecule has 94 valence electrons. The van der Waals surface area contributed by atoms with Crippen LogP contribution < -0.4 is 0 Å². The Morgan fingerprint density at radius 3 is 2.11 bits per heavy atom. The van der Waals surface area contributed by atoms with E-state index in [0.717, 1.165) is 22.3 Å². The van der Waals surface area contributed by atoms with E-state index in [2.05, 4.69) is 0 Å². The zero-order valence-electron chi connectivity index (χ0n) is 10.7. The van der Waals surface area contributed by atoms with E-state index < -0.39 is 5.75 Å². The lowest BCUT2D eigenvalue weighted by Crippen LogP contribution is -1.90. The predicted molar refractivity (Wildman–Crippen MR) is 71.1 cm³/mol. The van der Waals surface area contributed by atoms with Gasteiger partial charge in [-0.25, -0.2) is 0 Å². The normalized spacial score (nSPS) is 10.6. The zero-order chi connectivity index (χ0) is 13.4. The number of aryl methyl sites for hydroxylation is 3. The highest BCUT2D eigenvalue weighted by molar-refractivity contribution is 5.80. The molecule has 0 aliphatic rings. The largest absolute Gasteiger partial charge is 0.504 e. The van der Waals surface area contributed by atoms with Gasteiger partial charge in [-0.15, -0.1) is 0 Å². The Balaban J connectivity index is 2.79. The molecule has 0 fully saturated rings. The van der Waals surface area contributed by atoms with Crippen molar-refractivity contribution >= 4 is 0 Å². The molecule has 0 aliphatic carbocycles. The Labute approximate surface area is 106 Å². The van der Waals surface area contributed by atoms with Gasteiger partial charge in [0.1, 0.15) is 0 Å². The molecule has 0 saturated carbocycles. The summed E-state index contributed by atoms with van der Waals surface area (Å²) in [5.41, 5.74) is 4.22. The van der Waals surface area contributed by atoms with Crippen LogP contribution in [-0.2, 0) is 0 Å². The maximum atomic E-state index is 10.0. The van der Waals surface area contributed by atoms with Crippen molar-refractivity contribution in [2.75, 3.05) is 0 Å². The van der Waals surface area contributed by atoms with Gasteiger partial charge >= 0.3 is 0 Å². The molecule has 0 spiro atoms. The van der Waals surface area contributed by atoms with Crippen LogP contribution in [0.1, 0.15) is 16.7 Å². The molecule has 0 atom stereocenters. The second-order valence-electron chi connectivity index (χ2n) is 4.60. The average Bonchev–Trinajstić information content (AvgIpc) is 2.31. The molecule has 0 heterocycles. The van der Waals surface area contributed by atoms with Gasteiger partial charge < -0.3 is 15.3 Å². The van der Waals surface area contributed by atoms with Crippen LogP contribution >= 0.6 is 0 Å². The fourth-order valence-corrected chi connectivity index (χ4v) is 2.12. The number of rotatable bonds is 1. The molecule has 2 aromatic rings. The monoisotopic (exact) mass is 244 g/mol. The minimum absolute atomic E-state index is 0.277. The van der Waals surface area contributed by atoms with Crippen LogP contribution in [0.4, 0.5) is 0 Å². The van der Waals surface area contributed by atoms with E-state index in [1.807, 2.05) is 32.0 Å². The lowest BCUT2D eigenvalue weighted by atomic mass is 9.93. The van der Waals surface area contributed by atoms with E-state index in [1.165, 1.54) is 6.07 Å². The summed E-state index contributed by atoms with van der Waals surface area (Å²) in [5, 5.41) is 29.1. The van der Waals surface area contributed by atoms with Crippen LogP contribution in [0.15, 0.2) is 24.3 Å². The van der Waals surface area contributed by atoms with Crippen molar-refractivity contribution in [3.8, 4) is 28.4 Å². The van der Waals surface area contributed by atoms with Gasteiger partial charge in [0, 0.05) is 5.56 Å². The van der Waals surface area contributed by atoms with Crippen molar-refractivity contribution in [1.82, 2.24) is 0 Å². The molecule has 3 N–H and O–H groups in total. The van der Waals surface area contributed by atoms with Gasteiger partial charge in [0.2, 0.25) is 5.75 Å². The van der Waals surface area contributed by atoms with Crippen molar-refractivity contribution in [3.05, 3.63) is 41.0 Å². The number of hydrogen-bond acceptors (Lipinski definition) is 3. The van der Waals surface area contributed by atoms with Crippen LogP contribution in [0.2, 0.25) is 0 Å². The van der Waals surface area contributed by atoms with Gasteiger partial charge in [-0.05, 0) is 43.5 Å². The summed E-state index contributed by atoms with van der Waals surface area (Å²) in [4.78, 5) is 0. The van der Waals surface area contributed by atoms with Gasteiger partial charge in [-0.3, -0.25) is 0 Å². The molecule has 18 heavy (non-hydrogen) atoms.